The minimum Gasteiger partial charge on any atom is -0.383 e. The summed E-state index contributed by atoms with van der Waals surface area (Å²) in [6.07, 6.45) is -0.451. The average Bonchev–Trinajstić information content (AvgIpc) is 2.39. The highest BCUT2D eigenvalue weighted by Crippen LogP contribution is 2.10. The Morgan fingerprint density at radius 2 is 1.90 bits per heavy atom. The number of carbonyl (C=O) groups excluding carboxylic acids is 2. The first kappa shape index (κ1) is 17.2. The number of aryl methyl sites for hydroxylation is 1. The van der Waals surface area contributed by atoms with Crippen LogP contribution in [0, 0.1) is 12.8 Å². The molecule has 0 fully saturated rings. The van der Waals surface area contributed by atoms with Gasteiger partial charge in [0.05, 0.1) is 0 Å². The molecule has 2 amide bonds. The van der Waals surface area contributed by atoms with E-state index in [0.29, 0.717) is 12.8 Å². The summed E-state index contributed by atoms with van der Waals surface area (Å²) >= 11 is 0. The third kappa shape index (κ3) is 5.55. The molecule has 0 heterocycles. The van der Waals surface area contributed by atoms with Gasteiger partial charge in [-0.2, -0.15) is 0 Å². The predicted octanol–water partition coefficient (Wildman–Crippen LogP) is 0.915. The third-order valence-electron chi connectivity index (χ3n) is 3.34. The van der Waals surface area contributed by atoms with Crippen molar-refractivity contribution < 1.29 is 14.7 Å². The summed E-state index contributed by atoms with van der Waals surface area (Å²) in [6.45, 7) is 5.76. The van der Waals surface area contributed by atoms with Crippen molar-refractivity contribution in [2.24, 2.45) is 11.7 Å². The quantitative estimate of drug-likeness (QED) is 0.697. The maximum absolute atomic E-state index is 11.9. The number of nitrogens with two attached hydrogens (primary N) is 1. The number of carbonyl (C=O) groups is 2. The first-order valence-electron chi connectivity index (χ1n) is 7.13. The van der Waals surface area contributed by atoms with Crippen LogP contribution in [0.15, 0.2) is 24.3 Å². The number of amides is 2. The fourth-order valence-electron chi connectivity index (χ4n) is 2.10. The number of aliphatic hydroxyl groups excluding tert-OH is 1. The van der Waals surface area contributed by atoms with Crippen LogP contribution in [-0.4, -0.2) is 29.1 Å². The Balaban J connectivity index is 2.73. The molecule has 4 N–H and O–H groups in total. The lowest BCUT2D eigenvalue weighted by molar-refractivity contribution is -0.133. The van der Waals surface area contributed by atoms with E-state index in [1.54, 1.807) is 0 Å². The summed E-state index contributed by atoms with van der Waals surface area (Å²) in [7, 11) is 0. The van der Waals surface area contributed by atoms with Gasteiger partial charge < -0.3 is 16.2 Å². The van der Waals surface area contributed by atoms with E-state index in [1.165, 1.54) is 0 Å². The van der Waals surface area contributed by atoms with Crippen LogP contribution in [0.2, 0.25) is 0 Å². The Bertz CT molecular complexity index is 500. The Kier molecular flexibility index (Phi) is 6.37. The first-order chi connectivity index (χ1) is 9.81. The number of aliphatic hydroxyl groups is 1. The van der Waals surface area contributed by atoms with Crippen LogP contribution in [0.25, 0.3) is 0 Å². The van der Waals surface area contributed by atoms with Crippen molar-refractivity contribution in [3.05, 3.63) is 35.4 Å². The molecule has 0 unspecified atom stereocenters. The monoisotopic (exact) mass is 292 g/mol. The van der Waals surface area contributed by atoms with Gasteiger partial charge in [-0.15, -0.1) is 0 Å². The van der Waals surface area contributed by atoms with Gasteiger partial charge in [-0.05, 0) is 30.4 Å². The van der Waals surface area contributed by atoms with E-state index in [2.05, 4.69) is 5.32 Å². The molecule has 0 bridgehead atoms. The van der Waals surface area contributed by atoms with Crippen LogP contribution in [0.3, 0.4) is 0 Å². The lowest BCUT2D eigenvalue weighted by atomic mass is 10.00. The highest BCUT2D eigenvalue weighted by atomic mass is 16.3. The Morgan fingerprint density at radius 3 is 2.43 bits per heavy atom. The standard InChI is InChI=1S/C16H24N2O3/c1-10(2)8-14(19)16(21)18-13(15(17)20)9-12-7-5-4-6-11(12)3/h4-7,10,13-14,19H,8-9H2,1-3H3,(H2,17,20)(H,18,21)/t13-,14-/m1/s1. The largest absolute Gasteiger partial charge is 0.383 e. The number of benzene rings is 1. The summed E-state index contributed by atoms with van der Waals surface area (Å²) in [6, 6.07) is 6.78. The van der Waals surface area contributed by atoms with Crippen molar-refractivity contribution in [1.29, 1.82) is 0 Å². The summed E-state index contributed by atoms with van der Waals surface area (Å²) in [5.41, 5.74) is 7.32. The van der Waals surface area contributed by atoms with E-state index in [0.717, 1.165) is 11.1 Å². The number of primary amides is 1. The second kappa shape index (κ2) is 7.78. The molecule has 5 heteroatoms. The number of rotatable bonds is 7. The van der Waals surface area contributed by atoms with Gasteiger partial charge in [-0.3, -0.25) is 9.59 Å². The number of nitrogens with one attached hydrogen (secondary N) is 1. The average molecular weight is 292 g/mol. The molecule has 5 nitrogen and oxygen atoms in total. The van der Waals surface area contributed by atoms with Gasteiger partial charge in [-0.25, -0.2) is 0 Å². The molecule has 0 aromatic heterocycles. The zero-order valence-electron chi connectivity index (χ0n) is 12.8. The summed E-state index contributed by atoms with van der Waals surface area (Å²) in [5.74, 6) is -0.974. The van der Waals surface area contributed by atoms with E-state index in [-0.39, 0.29) is 5.92 Å². The molecule has 0 radical (unpaired) electrons. The number of hydrogen-bond donors (Lipinski definition) is 3. The van der Waals surface area contributed by atoms with Gasteiger partial charge in [0.2, 0.25) is 11.8 Å². The topological polar surface area (TPSA) is 92.4 Å². The van der Waals surface area contributed by atoms with Gasteiger partial charge in [0.15, 0.2) is 0 Å². The summed E-state index contributed by atoms with van der Waals surface area (Å²) in [4.78, 5) is 23.4. The van der Waals surface area contributed by atoms with Crippen LogP contribution in [0.5, 0.6) is 0 Å². The van der Waals surface area contributed by atoms with Crippen molar-refractivity contribution in [3.8, 4) is 0 Å². The fraction of sp³-hybridized carbons (Fsp3) is 0.500. The molecule has 1 aromatic carbocycles. The van der Waals surface area contributed by atoms with Crippen LogP contribution < -0.4 is 11.1 Å². The molecule has 0 aliphatic rings. The van der Waals surface area contributed by atoms with Crippen molar-refractivity contribution in [2.75, 3.05) is 0 Å². The molecule has 1 rings (SSSR count). The molecular formula is C16H24N2O3. The smallest absolute Gasteiger partial charge is 0.249 e. The first-order valence-corrected chi connectivity index (χ1v) is 7.13. The third-order valence-corrected chi connectivity index (χ3v) is 3.34. The molecule has 21 heavy (non-hydrogen) atoms. The maximum atomic E-state index is 11.9. The second-order valence-corrected chi connectivity index (χ2v) is 5.74. The van der Waals surface area contributed by atoms with Gasteiger partial charge in [0, 0.05) is 6.42 Å². The molecule has 0 aliphatic heterocycles. The lowest BCUT2D eigenvalue weighted by Gasteiger charge is -2.19. The van der Waals surface area contributed by atoms with E-state index >= 15 is 0 Å². The molecule has 0 saturated heterocycles. The molecule has 1 aromatic rings. The van der Waals surface area contributed by atoms with Crippen molar-refractivity contribution >= 4 is 11.8 Å². The SMILES string of the molecule is Cc1ccccc1C[C@@H](NC(=O)[C@H](O)CC(C)C)C(N)=O. The fourth-order valence-corrected chi connectivity index (χ4v) is 2.10. The highest BCUT2D eigenvalue weighted by molar-refractivity contribution is 5.88. The van der Waals surface area contributed by atoms with E-state index < -0.39 is 24.0 Å². The van der Waals surface area contributed by atoms with E-state index in [4.69, 9.17) is 5.73 Å². The highest BCUT2D eigenvalue weighted by Gasteiger charge is 2.23. The van der Waals surface area contributed by atoms with Crippen LogP contribution in [0.4, 0.5) is 0 Å². The molecular weight excluding hydrogens is 268 g/mol. The van der Waals surface area contributed by atoms with Crippen molar-refractivity contribution in [1.82, 2.24) is 5.32 Å². The summed E-state index contributed by atoms with van der Waals surface area (Å²) in [5, 5.41) is 12.3. The second-order valence-electron chi connectivity index (χ2n) is 5.74. The van der Waals surface area contributed by atoms with Gasteiger partial charge in [0.1, 0.15) is 12.1 Å². The van der Waals surface area contributed by atoms with E-state index in [1.807, 2.05) is 45.0 Å². The Labute approximate surface area is 125 Å². The normalized spacial score (nSPS) is 13.8. The summed E-state index contributed by atoms with van der Waals surface area (Å²) < 4.78 is 0. The van der Waals surface area contributed by atoms with Gasteiger partial charge in [-0.1, -0.05) is 38.1 Å². The Hall–Kier alpha value is -1.88. The van der Waals surface area contributed by atoms with Crippen molar-refractivity contribution in [3.63, 3.8) is 0 Å². The van der Waals surface area contributed by atoms with Gasteiger partial charge in [0.25, 0.3) is 0 Å². The maximum Gasteiger partial charge on any atom is 0.249 e. The predicted molar refractivity (Wildman–Crippen MR) is 81.5 cm³/mol. The lowest BCUT2D eigenvalue weighted by Crippen LogP contribution is -2.49. The minimum absolute atomic E-state index is 0.189. The van der Waals surface area contributed by atoms with Crippen LogP contribution in [0.1, 0.15) is 31.4 Å². The van der Waals surface area contributed by atoms with Crippen molar-refractivity contribution in [2.45, 2.75) is 45.8 Å². The van der Waals surface area contributed by atoms with Gasteiger partial charge >= 0.3 is 0 Å². The number of hydrogen-bond acceptors (Lipinski definition) is 3. The van der Waals surface area contributed by atoms with Crippen LogP contribution >= 0.6 is 0 Å². The molecule has 116 valence electrons. The zero-order chi connectivity index (χ0) is 16.0. The molecule has 0 saturated carbocycles. The zero-order valence-corrected chi connectivity index (χ0v) is 12.8. The molecule has 0 aliphatic carbocycles. The molecule has 0 spiro atoms. The minimum atomic E-state index is -1.12. The molecule has 2 atom stereocenters. The van der Waals surface area contributed by atoms with E-state index in [9.17, 15) is 14.7 Å². The Morgan fingerprint density at radius 1 is 1.29 bits per heavy atom. The van der Waals surface area contributed by atoms with Crippen LogP contribution in [-0.2, 0) is 16.0 Å².